The van der Waals surface area contributed by atoms with Crippen LogP contribution in [0.25, 0.3) is 0 Å². The van der Waals surface area contributed by atoms with Crippen LogP contribution in [0, 0.1) is 17.0 Å². The number of hydrogen-bond donors (Lipinski definition) is 0. The number of hydrogen-bond acceptors (Lipinski definition) is 3. The average Bonchev–Trinajstić information content (AvgIpc) is 2.38. The van der Waals surface area contributed by atoms with Crippen LogP contribution in [0.3, 0.4) is 0 Å². The minimum atomic E-state index is -0.489. The molecule has 1 aliphatic rings. The van der Waals surface area contributed by atoms with Crippen molar-refractivity contribution < 1.29 is 9.72 Å². The number of carbonyl (C=O) groups is 1. The third-order valence-corrected chi connectivity index (χ3v) is 3.80. The van der Waals surface area contributed by atoms with Crippen molar-refractivity contribution in [2.24, 2.45) is 0 Å². The van der Waals surface area contributed by atoms with Crippen LogP contribution in [-0.4, -0.2) is 34.2 Å². The molecule has 2 rings (SSSR count). The number of likely N-dealkylation sites (tertiary alicyclic amines) is 1. The number of rotatable bonds is 2. The Morgan fingerprint density at radius 2 is 2.05 bits per heavy atom. The number of para-hydroxylation sites is 1. The Balaban J connectivity index is 2.29. The van der Waals surface area contributed by atoms with Gasteiger partial charge in [-0.15, -0.1) is 11.6 Å². The molecule has 0 N–H and O–H groups in total. The van der Waals surface area contributed by atoms with Gasteiger partial charge in [-0.25, -0.2) is 0 Å². The summed E-state index contributed by atoms with van der Waals surface area (Å²) in [6, 6.07) is 4.82. The number of carbonyl (C=O) groups excluding carboxylic acids is 1. The van der Waals surface area contributed by atoms with Crippen LogP contribution < -0.4 is 0 Å². The summed E-state index contributed by atoms with van der Waals surface area (Å²) in [5, 5.41) is 11.2. The number of nitro groups is 1. The molecule has 19 heavy (non-hydrogen) atoms. The van der Waals surface area contributed by atoms with Gasteiger partial charge in [0.1, 0.15) is 5.56 Å². The fourth-order valence-electron chi connectivity index (χ4n) is 2.30. The van der Waals surface area contributed by atoms with E-state index in [-0.39, 0.29) is 22.5 Å². The second-order valence-corrected chi connectivity index (χ2v) is 5.31. The zero-order valence-corrected chi connectivity index (χ0v) is 11.4. The van der Waals surface area contributed by atoms with E-state index in [1.807, 2.05) is 0 Å². The lowest BCUT2D eigenvalue weighted by atomic mass is 10.0. The Labute approximate surface area is 116 Å². The second-order valence-electron chi connectivity index (χ2n) is 4.70. The third kappa shape index (κ3) is 2.87. The number of amides is 1. The van der Waals surface area contributed by atoms with Gasteiger partial charge in [0, 0.05) is 24.0 Å². The van der Waals surface area contributed by atoms with Gasteiger partial charge >= 0.3 is 0 Å². The fourth-order valence-corrected chi connectivity index (χ4v) is 2.49. The smallest absolute Gasteiger partial charge is 0.285 e. The molecule has 5 nitrogen and oxygen atoms in total. The van der Waals surface area contributed by atoms with Crippen LogP contribution in [0.4, 0.5) is 5.69 Å². The summed E-state index contributed by atoms with van der Waals surface area (Å²) in [6.07, 6.45) is 1.46. The van der Waals surface area contributed by atoms with E-state index in [2.05, 4.69) is 0 Å². The first-order chi connectivity index (χ1) is 9.00. The molecule has 1 fully saturated rings. The fraction of sp³-hybridized carbons (Fsp3) is 0.462. The van der Waals surface area contributed by atoms with E-state index in [4.69, 9.17) is 11.6 Å². The van der Waals surface area contributed by atoms with Gasteiger partial charge in [0.05, 0.1) is 4.92 Å². The lowest BCUT2D eigenvalue weighted by molar-refractivity contribution is -0.385. The van der Waals surface area contributed by atoms with E-state index in [1.54, 1.807) is 24.0 Å². The molecule has 1 aliphatic heterocycles. The van der Waals surface area contributed by atoms with Crippen LogP contribution >= 0.6 is 11.6 Å². The number of alkyl halides is 1. The maximum absolute atomic E-state index is 12.4. The molecule has 0 radical (unpaired) electrons. The lowest BCUT2D eigenvalue weighted by Gasteiger charge is -2.29. The largest absolute Gasteiger partial charge is 0.338 e. The van der Waals surface area contributed by atoms with Crippen LogP contribution in [0.15, 0.2) is 18.2 Å². The van der Waals surface area contributed by atoms with E-state index in [1.165, 1.54) is 6.07 Å². The molecule has 0 aromatic heterocycles. The molecule has 1 heterocycles. The summed E-state index contributed by atoms with van der Waals surface area (Å²) in [7, 11) is 0. The Morgan fingerprint density at radius 3 is 2.63 bits per heavy atom. The van der Waals surface area contributed by atoms with Crippen molar-refractivity contribution in [3.8, 4) is 0 Å². The Kier molecular flexibility index (Phi) is 4.04. The number of aryl methyl sites for hydroxylation is 1. The van der Waals surface area contributed by atoms with Crippen molar-refractivity contribution in [1.29, 1.82) is 0 Å². The van der Waals surface area contributed by atoms with Crippen LogP contribution in [0.2, 0.25) is 0 Å². The maximum atomic E-state index is 12.4. The van der Waals surface area contributed by atoms with Gasteiger partial charge in [-0.3, -0.25) is 14.9 Å². The monoisotopic (exact) mass is 282 g/mol. The van der Waals surface area contributed by atoms with Gasteiger partial charge in [0.15, 0.2) is 0 Å². The van der Waals surface area contributed by atoms with Gasteiger partial charge in [-0.05, 0) is 25.8 Å². The molecule has 0 unspecified atom stereocenters. The molecule has 1 aromatic rings. The number of nitro benzene ring substituents is 1. The summed E-state index contributed by atoms with van der Waals surface area (Å²) in [4.78, 5) is 24.6. The molecule has 0 spiro atoms. The number of benzene rings is 1. The van der Waals surface area contributed by atoms with E-state index in [9.17, 15) is 14.9 Å². The molecular weight excluding hydrogens is 268 g/mol. The second kappa shape index (κ2) is 5.57. The lowest BCUT2D eigenvalue weighted by Crippen LogP contribution is -2.39. The molecular formula is C13H15ClN2O3. The minimum Gasteiger partial charge on any atom is -0.338 e. The molecule has 0 bridgehead atoms. The minimum absolute atomic E-state index is 0.0940. The van der Waals surface area contributed by atoms with Gasteiger partial charge in [0.2, 0.25) is 0 Å². The van der Waals surface area contributed by atoms with Gasteiger partial charge in [-0.2, -0.15) is 0 Å². The Bertz CT molecular complexity index is 511. The molecule has 1 amide bonds. The summed E-state index contributed by atoms with van der Waals surface area (Å²) < 4.78 is 0. The number of nitrogens with zero attached hydrogens (tertiary/aromatic N) is 2. The molecule has 102 valence electrons. The van der Waals surface area contributed by atoms with Crippen LogP contribution in [0.1, 0.15) is 28.8 Å². The summed E-state index contributed by atoms with van der Waals surface area (Å²) >= 11 is 5.99. The van der Waals surface area contributed by atoms with Crippen molar-refractivity contribution in [2.45, 2.75) is 25.1 Å². The third-order valence-electron chi connectivity index (χ3n) is 3.36. The van der Waals surface area contributed by atoms with Crippen LogP contribution in [-0.2, 0) is 0 Å². The van der Waals surface area contributed by atoms with Crippen LogP contribution in [0.5, 0.6) is 0 Å². The van der Waals surface area contributed by atoms with Gasteiger partial charge in [-0.1, -0.05) is 12.1 Å². The summed E-state index contributed by atoms with van der Waals surface area (Å²) in [5.41, 5.74) is 0.571. The Hall–Kier alpha value is -1.62. The van der Waals surface area contributed by atoms with Crippen molar-refractivity contribution in [3.63, 3.8) is 0 Å². The Morgan fingerprint density at radius 1 is 1.42 bits per heavy atom. The molecule has 6 heteroatoms. The highest BCUT2D eigenvalue weighted by molar-refractivity contribution is 6.20. The first-order valence-corrected chi connectivity index (χ1v) is 6.61. The van der Waals surface area contributed by atoms with E-state index < -0.39 is 4.92 Å². The van der Waals surface area contributed by atoms with E-state index in [0.29, 0.717) is 18.7 Å². The highest BCUT2D eigenvalue weighted by Crippen LogP contribution is 2.26. The van der Waals surface area contributed by atoms with Gasteiger partial charge in [0.25, 0.3) is 11.6 Å². The zero-order valence-electron chi connectivity index (χ0n) is 10.6. The van der Waals surface area contributed by atoms with Crippen molar-refractivity contribution >= 4 is 23.2 Å². The quantitative estimate of drug-likeness (QED) is 0.476. The van der Waals surface area contributed by atoms with Crippen molar-refractivity contribution in [3.05, 3.63) is 39.4 Å². The molecule has 1 saturated heterocycles. The SMILES string of the molecule is Cc1cccc(C(=O)N2CCC(Cl)CC2)c1[N+](=O)[O-]. The first kappa shape index (κ1) is 13.8. The molecule has 0 aliphatic carbocycles. The summed E-state index contributed by atoms with van der Waals surface area (Å²) in [5.74, 6) is -0.279. The number of piperidine rings is 1. The molecule has 0 saturated carbocycles. The standard InChI is InChI=1S/C13H15ClN2O3/c1-9-3-2-4-11(12(9)16(18)19)13(17)15-7-5-10(14)6-8-15/h2-4,10H,5-8H2,1H3. The highest BCUT2D eigenvalue weighted by atomic mass is 35.5. The first-order valence-electron chi connectivity index (χ1n) is 6.18. The van der Waals surface area contributed by atoms with E-state index in [0.717, 1.165) is 12.8 Å². The predicted octanol–water partition coefficient (Wildman–Crippen LogP) is 2.75. The predicted molar refractivity (Wildman–Crippen MR) is 72.6 cm³/mol. The molecule has 0 atom stereocenters. The zero-order chi connectivity index (χ0) is 14.0. The van der Waals surface area contributed by atoms with Gasteiger partial charge < -0.3 is 4.90 Å². The normalized spacial score (nSPS) is 16.4. The van der Waals surface area contributed by atoms with E-state index >= 15 is 0 Å². The average molecular weight is 283 g/mol. The molecule has 1 aromatic carbocycles. The summed E-state index contributed by atoms with van der Waals surface area (Å²) in [6.45, 7) is 2.75. The maximum Gasteiger partial charge on any atom is 0.285 e. The van der Waals surface area contributed by atoms with Crippen molar-refractivity contribution in [2.75, 3.05) is 13.1 Å². The van der Waals surface area contributed by atoms with Crippen molar-refractivity contribution in [1.82, 2.24) is 4.90 Å². The highest BCUT2D eigenvalue weighted by Gasteiger charge is 2.28. The number of halogens is 1. The topological polar surface area (TPSA) is 63.5 Å².